The van der Waals surface area contributed by atoms with E-state index < -0.39 is 15.4 Å². The number of nitrogens with zero attached hydrogens (tertiary/aromatic N) is 1. The van der Waals surface area contributed by atoms with Gasteiger partial charge >= 0.3 is 0 Å². The van der Waals surface area contributed by atoms with Crippen LogP contribution in [-0.4, -0.2) is 29.2 Å². The van der Waals surface area contributed by atoms with Crippen molar-refractivity contribution >= 4 is 20.7 Å². The normalized spacial score (nSPS) is 11.7. The number of phenols is 1. The minimum atomic E-state index is -3.45. The van der Waals surface area contributed by atoms with Gasteiger partial charge in [0.15, 0.2) is 9.84 Å². The zero-order chi connectivity index (χ0) is 17.3. The largest absolute Gasteiger partial charge is 0.506 e. The van der Waals surface area contributed by atoms with Crippen LogP contribution in [0.5, 0.6) is 5.75 Å². The lowest BCUT2D eigenvalue weighted by Crippen LogP contribution is -2.08. The van der Waals surface area contributed by atoms with E-state index in [-0.39, 0.29) is 27.3 Å². The Morgan fingerprint density at radius 1 is 1.21 bits per heavy atom. The molecule has 6 nitrogen and oxygen atoms in total. The molecule has 0 fully saturated rings. The van der Waals surface area contributed by atoms with Gasteiger partial charge in [-0.3, -0.25) is 4.79 Å². The fraction of sp³-hybridized carbons (Fsp3) is 0.176. The number of benzene rings is 2. The summed E-state index contributed by atoms with van der Waals surface area (Å²) in [5.74, 6) is -0.137. The number of phenolic OH excluding ortho intramolecular Hbond substituents is 1. The van der Waals surface area contributed by atoms with Gasteiger partial charge in [0.05, 0.1) is 22.4 Å². The Morgan fingerprint density at radius 2 is 1.96 bits per heavy atom. The Kier molecular flexibility index (Phi) is 4.11. The number of H-pyrrole nitrogens is 1. The zero-order valence-corrected chi connectivity index (χ0v) is 13.8. The van der Waals surface area contributed by atoms with E-state index in [2.05, 4.69) is 9.97 Å². The first kappa shape index (κ1) is 16.2. The molecule has 0 radical (unpaired) electrons. The molecule has 3 rings (SSSR count). The molecule has 124 valence electrons. The number of aromatic hydroxyl groups is 1. The number of rotatable bonds is 4. The highest BCUT2D eigenvalue weighted by molar-refractivity contribution is 7.91. The highest BCUT2D eigenvalue weighted by Gasteiger charge is 2.19. The molecule has 0 saturated heterocycles. The molecular weight excluding hydrogens is 328 g/mol. The van der Waals surface area contributed by atoms with Crippen molar-refractivity contribution in [2.75, 3.05) is 5.75 Å². The van der Waals surface area contributed by atoms with Crippen LogP contribution < -0.4 is 5.56 Å². The van der Waals surface area contributed by atoms with Gasteiger partial charge < -0.3 is 10.1 Å². The maximum absolute atomic E-state index is 12.5. The summed E-state index contributed by atoms with van der Waals surface area (Å²) < 4.78 is 25.0. The Hall–Kier alpha value is -2.67. The molecule has 0 spiro atoms. The van der Waals surface area contributed by atoms with Gasteiger partial charge in [-0.15, -0.1) is 0 Å². The molecule has 0 aliphatic heterocycles. The molecular formula is C17H16N2O4S. The van der Waals surface area contributed by atoms with E-state index in [9.17, 15) is 18.3 Å². The standard InChI is InChI=1S/C17H16N2O4S/c1-2-7-24(22,23)15-6-4-3-5-12(15)11-8-13-16(14(20)9-11)18-10-19-17(13)21/h3-6,8-10,20H,2,7H2,1H3,(H,18,19,21). The average molecular weight is 344 g/mol. The van der Waals surface area contributed by atoms with E-state index >= 15 is 0 Å². The lowest BCUT2D eigenvalue weighted by molar-refractivity contribution is 0.480. The van der Waals surface area contributed by atoms with Crippen LogP contribution in [-0.2, 0) is 9.84 Å². The minimum absolute atomic E-state index is 0.0334. The molecule has 2 N–H and O–H groups in total. The predicted molar refractivity (Wildman–Crippen MR) is 91.8 cm³/mol. The predicted octanol–water partition coefficient (Wildman–Crippen LogP) is 2.48. The zero-order valence-electron chi connectivity index (χ0n) is 13.0. The van der Waals surface area contributed by atoms with Crippen molar-refractivity contribution in [3.63, 3.8) is 0 Å². The van der Waals surface area contributed by atoms with Crippen molar-refractivity contribution in [3.8, 4) is 16.9 Å². The van der Waals surface area contributed by atoms with Crippen LogP contribution in [0, 0.1) is 0 Å². The third-order valence-corrected chi connectivity index (χ3v) is 5.70. The lowest BCUT2D eigenvalue weighted by atomic mass is 10.0. The summed E-state index contributed by atoms with van der Waals surface area (Å²) in [5.41, 5.74) is 0.683. The van der Waals surface area contributed by atoms with Crippen LogP contribution in [0.1, 0.15) is 13.3 Å². The van der Waals surface area contributed by atoms with Crippen LogP contribution in [0.3, 0.4) is 0 Å². The van der Waals surface area contributed by atoms with E-state index in [0.29, 0.717) is 17.5 Å². The summed E-state index contributed by atoms with van der Waals surface area (Å²) in [6, 6.07) is 9.54. The number of aromatic amines is 1. The highest BCUT2D eigenvalue weighted by Crippen LogP contribution is 2.33. The second kappa shape index (κ2) is 6.09. The summed E-state index contributed by atoms with van der Waals surface area (Å²) in [6.07, 6.45) is 1.72. The van der Waals surface area contributed by atoms with Crippen LogP contribution >= 0.6 is 0 Å². The van der Waals surface area contributed by atoms with Crippen LogP contribution in [0.25, 0.3) is 22.0 Å². The van der Waals surface area contributed by atoms with Gasteiger partial charge in [-0.2, -0.15) is 0 Å². The second-order valence-electron chi connectivity index (χ2n) is 5.44. The van der Waals surface area contributed by atoms with E-state index in [0.717, 1.165) is 0 Å². The van der Waals surface area contributed by atoms with E-state index in [4.69, 9.17) is 0 Å². The number of fused-ring (bicyclic) bond motifs is 1. The molecule has 0 bridgehead atoms. The Balaban J connectivity index is 2.30. The molecule has 0 amide bonds. The average Bonchev–Trinajstić information content (AvgIpc) is 2.56. The number of aromatic nitrogens is 2. The van der Waals surface area contributed by atoms with E-state index in [1.54, 1.807) is 31.2 Å². The van der Waals surface area contributed by atoms with Gasteiger partial charge in [0.1, 0.15) is 11.3 Å². The fourth-order valence-electron chi connectivity index (χ4n) is 2.67. The van der Waals surface area contributed by atoms with Gasteiger partial charge in [0.2, 0.25) is 0 Å². The second-order valence-corrected chi connectivity index (χ2v) is 7.52. The van der Waals surface area contributed by atoms with Crippen molar-refractivity contribution in [1.29, 1.82) is 0 Å². The number of sulfone groups is 1. The van der Waals surface area contributed by atoms with Crippen LogP contribution in [0.4, 0.5) is 0 Å². The van der Waals surface area contributed by atoms with Gasteiger partial charge in [-0.25, -0.2) is 13.4 Å². The smallest absolute Gasteiger partial charge is 0.258 e. The summed E-state index contributed by atoms with van der Waals surface area (Å²) in [4.78, 5) is 18.6. The van der Waals surface area contributed by atoms with Gasteiger partial charge in [-0.1, -0.05) is 25.1 Å². The molecule has 0 aliphatic carbocycles. The summed E-state index contributed by atoms with van der Waals surface area (Å²) in [6.45, 7) is 1.80. The first-order valence-electron chi connectivity index (χ1n) is 7.46. The quantitative estimate of drug-likeness (QED) is 0.757. The van der Waals surface area contributed by atoms with Crippen LogP contribution in [0.15, 0.2) is 52.4 Å². The van der Waals surface area contributed by atoms with Crippen molar-refractivity contribution < 1.29 is 13.5 Å². The molecule has 1 heterocycles. The fourth-order valence-corrected chi connectivity index (χ4v) is 4.24. The Labute approximate surface area is 138 Å². The third-order valence-electron chi connectivity index (χ3n) is 3.73. The summed E-state index contributed by atoms with van der Waals surface area (Å²) >= 11 is 0. The minimum Gasteiger partial charge on any atom is -0.506 e. The highest BCUT2D eigenvalue weighted by atomic mass is 32.2. The number of hydrogen-bond acceptors (Lipinski definition) is 5. The van der Waals surface area contributed by atoms with Crippen molar-refractivity contribution in [3.05, 3.63) is 53.1 Å². The van der Waals surface area contributed by atoms with Crippen molar-refractivity contribution in [2.24, 2.45) is 0 Å². The maximum Gasteiger partial charge on any atom is 0.258 e. The molecule has 7 heteroatoms. The van der Waals surface area contributed by atoms with E-state index in [1.807, 2.05) is 0 Å². The van der Waals surface area contributed by atoms with Crippen LogP contribution in [0.2, 0.25) is 0 Å². The number of hydrogen-bond donors (Lipinski definition) is 2. The Morgan fingerprint density at radius 3 is 2.71 bits per heavy atom. The SMILES string of the molecule is CCCS(=O)(=O)c1ccccc1-c1cc(O)c2nc[nH]c(=O)c2c1. The summed E-state index contributed by atoms with van der Waals surface area (Å²) in [5, 5.41) is 10.4. The molecule has 0 aliphatic rings. The molecule has 24 heavy (non-hydrogen) atoms. The molecule has 2 aromatic carbocycles. The summed E-state index contributed by atoms with van der Waals surface area (Å²) in [7, 11) is -3.45. The molecule has 0 unspecified atom stereocenters. The maximum atomic E-state index is 12.5. The topological polar surface area (TPSA) is 100 Å². The van der Waals surface area contributed by atoms with Gasteiger partial charge in [-0.05, 0) is 30.2 Å². The monoisotopic (exact) mass is 344 g/mol. The molecule has 0 atom stereocenters. The first-order valence-corrected chi connectivity index (χ1v) is 9.12. The Bertz CT molecular complexity index is 1070. The molecule has 0 saturated carbocycles. The van der Waals surface area contributed by atoms with Gasteiger partial charge in [0.25, 0.3) is 5.56 Å². The molecule has 1 aromatic heterocycles. The third kappa shape index (κ3) is 2.78. The van der Waals surface area contributed by atoms with Crippen molar-refractivity contribution in [2.45, 2.75) is 18.2 Å². The molecule has 3 aromatic rings. The first-order chi connectivity index (χ1) is 11.4. The van der Waals surface area contributed by atoms with Crippen molar-refractivity contribution in [1.82, 2.24) is 9.97 Å². The lowest BCUT2D eigenvalue weighted by Gasteiger charge is -2.11. The van der Waals surface area contributed by atoms with Gasteiger partial charge in [0, 0.05) is 5.56 Å². The van der Waals surface area contributed by atoms with E-state index in [1.165, 1.54) is 18.5 Å². The number of nitrogens with one attached hydrogen (secondary N) is 1.